The van der Waals surface area contributed by atoms with E-state index in [2.05, 4.69) is 10.3 Å². The van der Waals surface area contributed by atoms with Crippen LogP contribution >= 0.6 is 0 Å². The van der Waals surface area contributed by atoms with Gasteiger partial charge in [0.2, 0.25) is 0 Å². The van der Waals surface area contributed by atoms with E-state index in [0.717, 1.165) is 5.56 Å². The summed E-state index contributed by atoms with van der Waals surface area (Å²) >= 11 is 0. The molecule has 1 aromatic heterocycles. The molecule has 0 unspecified atom stereocenters. The Bertz CT molecular complexity index is 1130. The molecule has 8 nitrogen and oxygen atoms in total. The average molecular weight is 417 g/mol. The van der Waals surface area contributed by atoms with Crippen molar-refractivity contribution in [1.82, 2.24) is 4.98 Å². The first kappa shape index (κ1) is 20.1. The van der Waals surface area contributed by atoms with Crippen LogP contribution in [0.2, 0.25) is 0 Å². The first-order chi connectivity index (χ1) is 15.0. The van der Waals surface area contributed by atoms with E-state index in [4.69, 9.17) is 9.47 Å². The third-order valence-electron chi connectivity index (χ3n) is 4.97. The van der Waals surface area contributed by atoms with E-state index < -0.39 is 18.1 Å². The van der Waals surface area contributed by atoms with Crippen molar-refractivity contribution in [3.63, 3.8) is 0 Å². The van der Waals surface area contributed by atoms with Gasteiger partial charge in [-0.05, 0) is 36.4 Å². The third-order valence-corrected chi connectivity index (χ3v) is 4.97. The van der Waals surface area contributed by atoms with Gasteiger partial charge in [-0.25, -0.2) is 9.59 Å². The number of carbonyl (C=O) groups is 3. The summed E-state index contributed by atoms with van der Waals surface area (Å²) in [5.74, 6) is -1.37. The lowest BCUT2D eigenvalue weighted by atomic mass is 10.1. The van der Waals surface area contributed by atoms with Gasteiger partial charge in [-0.3, -0.25) is 14.7 Å². The summed E-state index contributed by atoms with van der Waals surface area (Å²) in [6.07, 6.45) is 2.65. The van der Waals surface area contributed by atoms with Crippen molar-refractivity contribution in [2.75, 3.05) is 24.4 Å². The number of aromatic nitrogens is 1. The second kappa shape index (κ2) is 8.27. The number of carbonyl (C=O) groups excluding carboxylic acids is 3. The number of anilines is 2. The van der Waals surface area contributed by atoms with Gasteiger partial charge in [-0.15, -0.1) is 0 Å². The molecule has 4 rings (SSSR count). The van der Waals surface area contributed by atoms with Gasteiger partial charge < -0.3 is 14.8 Å². The van der Waals surface area contributed by atoms with Crippen LogP contribution < -0.4 is 10.2 Å². The van der Waals surface area contributed by atoms with Gasteiger partial charge >= 0.3 is 11.9 Å². The molecule has 0 spiro atoms. The SMILES string of the molecule is COC(=O)c1cc(N[C@@H]2c3ccccc3C(=O)N2c2cccnc2)cc(C(=O)OC)c1. The molecule has 3 aromatic rings. The lowest BCUT2D eigenvalue weighted by molar-refractivity contribution is 0.0599. The summed E-state index contributed by atoms with van der Waals surface area (Å²) in [4.78, 5) is 43.1. The molecule has 1 aliphatic heterocycles. The monoisotopic (exact) mass is 417 g/mol. The van der Waals surface area contributed by atoms with Gasteiger partial charge in [-0.1, -0.05) is 18.2 Å². The van der Waals surface area contributed by atoms with E-state index in [1.165, 1.54) is 20.3 Å². The summed E-state index contributed by atoms with van der Waals surface area (Å²) in [5.41, 5.74) is 2.74. The van der Waals surface area contributed by atoms with E-state index in [1.807, 2.05) is 12.1 Å². The van der Waals surface area contributed by atoms with Crippen LogP contribution in [-0.2, 0) is 9.47 Å². The first-order valence-corrected chi connectivity index (χ1v) is 9.44. The Hall–Kier alpha value is -4.20. The topological polar surface area (TPSA) is 97.8 Å². The molecule has 0 fully saturated rings. The Kier molecular flexibility index (Phi) is 5.36. The Morgan fingerprint density at radius 1 is 0.968 bits per heavy atom. The van der Waals surface area contributed by atoms with Crippen molar-refractivity contribution in [3.8, 4) is 0 Å². The Labute approximate surface area is 178 Å². The van der Waals surface area contributed by atoms with Crippen LogP contribution in [-0.4, -0.2) is 37.0 Å². The minimum atomic E-state index is -0.596. The molecule has 156 valence electrons. The summed E-state index contributed by atoms with van der Waals surface area (Å²) in [6, 6.07) is 15.3. The number of benzene rings is 2. The number of amides is 1. The van der Waals surface area contributed by atoms with Gasteiger partial charge in [0, 0.05) is 23.0 Å². The zero-order valence-electron chi connectivity index (χ0n) is 16.9. The number of hydrogen-bond acceptors (Lipinski definition) is 7. The largest absolute Gasteiger partial charge is 0.465 e. The number of nitrogens with zero attached hydrogens (tertiary/aromatic N) is 2. The predicted molar refractivity (Wildman–Crippen MR) is 113 cm³/mol. The van der Waals surface area contributed by atoms with Crippen molar-refractivity contribution in [2.45, 2.75) is 6.17 Å². The molecular weight excluding hydrogens is 398 g/mol. The maximum Gasteiger partial charge on any atom is 0.337 e. The normalized spacial score (nSPS) is 14.7. The standard InChI is InChI=1S/C23H19N3O5/c1-30-22(28)14-10-15(23(29)31-2)12-16(11-14)25-20-18-7-3-4-8-19(18)21(27)26(20)17-6-5-9-24-13-17/h3-13,20,25H,1-2H3/t20-/m0/s1. The maximum atomic E-state index is 13.2. The lowest BCUT2D eigenvalue weighted by Crippen LogP contribution is -2.32. The van der Waals surface area contributed by atoms with Crippen LogP contribution in [0, 0.1) is 0 Å². The molecule has 0 aliphatic carbocycles. The number of esters is 2. The second-order valence-electron chi connectivity index (χ2n) is 6.80. The minimum Gasteiger partial charge on any atom is -0.465 e. The maximum absolute atomic E-state index is 13.2. The number of nitrogens with one attached hydrogen (secondary N) is 1. The van der Waals surface area contributed by atoms with Crippen LogP contribution in [0.15, 0.2) is 67.0 Å². The zero-order chi connectivity index (χ0) is 22.0. The molecule has 0 radical (unpaired) electrons. The van der Waals surface area contributed by atoms with E-state index in [9.17, 15) is 14.4 Å². The smallest absolute Gasteiger partial charge is 0.337 e. The molecule has 1 atom stereocenters. The fourth-order valence-corrected chi connectivity index (χ4v) is 3.56. The molecular formula is C23H19N3O5. The highest BCUT2D eigenvalue weighted by atomic mass is 16.5. The number of fused-ring (bicyclic) bond motifs is 1. The summed E-state index contributed by atoms with van der Waals surface area (Å²) < 4.78 is 9.60. The van der Waals surface area contributed by atoms with E-state index in [0.29, 0.717) is 16.9 Å². The average Bonchev–Trinajstić information content (AvgIpc) is 3.09. The van der Waals surface area contributed by atoms with Gasteiger partial charge in [0.25, 0.3) is 5.91 Å². The van der Waals surface area contributed by atoms with E-state index in [1.54, 1.807) is 53.7 Å². The third kappa shape index (κ3) is 3.71. The summed E-state index contributed by atoms with van der Waals surface area (Å²) in [5, 5.41) is 3.28. The first-order valence-electron chi connectivity index (χ1n) is 9.44. The fourth-order valence-electron chi connectivity index (χ4n) is 3.56. The highest BCUT2D eigenvalue weighted by Crippen LogP contribution is 2.38. The Balaban J connectivity index is 1.80. The van der Waals surface area contributed by atoms with Gasteiger partial charge in [0.05, 0.1) is 37.2 Å². The van der Waals surface area contributed by atoms with E-state index in [-0.39, 0.29) is 17.0 Å². The molecule has 1 aliphatic rings. The molecule has 0 bridgehead atoms. The molecule has 2 heterocycles. The molecule has 8 heteroatoms. The highest BCUT2D eigenvalue weighted by Gasteiger charge is 2.37. The number of hydrogen-bond donors (Lipinski definition) is 1. The van der Waals surface area contributed by atoms with Crippen LogP contribution in [0.3, 0.4) is 0 Å². The van der Waals surface area contributed by atoms with Crippen LogP contribution in [0.25, 0.3) is 0 Å². The Morgan fingerprint density at radius 3 is 2.26 bits per heavy atom. The molecule has 1 N–H and O–H groups in total. The molecule has 0 saturated carbocycles. The molecule has 0 saturated heterocycles. The van der Waals surface area contributed by atoms with Crippen LogP contribution in [0.4, 0.5) is 11.4 Å². The number of methoxy groups -OCH3 is 2. The van der Waals surface area contributed by atoms with Crippen molar-refractivity contribution >= 4 is 29.2 Å². The number of rotatable bonds is 5. The Morgan fingerprint density at radius 2 is 1.65 bits per heavy atom. The van der Waals surface area contributed by atoms with Crippen molar-refractivity contribution in [1.29, 1.82) is 0 Å². The zero-order valence-corrected chi connectivity index (χ0v) is 16.9. The fraction of sp³-hybridized carbons (Fsp3) is 0.130. The van der Waals surface area contributed by atoms with Crippen LogP contribution in [0.5, 0.6) is 0 Å². The minimum absolute atomic E-state index is 0.179. The van der Waals surface area contributed by atoms with Gasteiger partial charge in [-0.2, -0.15) is 0 Å². The van der Waals surface area contributed by atoms with E-state index >= 15 is 0 Å². The lowest BCUT2D eigenvalue weighted by Gasteiger charge is -2.27. The molecule has 2 aromatic carbocycles. The van der Waals surface area contributed by atoms with Crippen molar-refractivity contribution in [3.05, 3.63) is 89.2 Å². The molecule has 31 heavy (non-hydrogen) atoms. The summed E-state index contributed by atoms with van der Waals surface area (Å²) in [6.45, 7) is 0. The number of pyridine rings is 1. The van der Waals surface area contributed by atoms with Crippen LogP contribution in [0.1, 0.15) is 42.8 Å². The van der Waals surface area contributed by atoms with Crippen molar-refractivity contribution in [2.24, 2.45) is 0 Å². The van der Waals surface area contributed by atoms with Gasteiger partial charge in [0.1, 0.15) is 6.17 Å². The van der Waals surface area contributed by atoms with Crippen molar-refractivity contribution < 1.29 is 23.9 Å². The second-order valence-corrected chi connectivity index (χ2v) is 6.80. The molecule has 1 amide bonds. The number of ether oxygens (including phenoxy) is 2. The highest BCUT2D eigenvalue weighted by molar-refractivity contribution is 6.11. The predicted octanol–water partition coefficient (Wildman–Crippen LogP) is 3.43. The summed E-state index contributed by atoms with van der Waals surface area (Å²) in [7, 11) is 2.52. The van der Waals surface area contributed by atoms with Gasteiger partial charge in [0.15, 0.2) is 0 Å². The quantitative estimate of drug-likeness (QED) is 0.635.